The van der Waals surface area contributed by atoms with Crippen molar-refractivity contribution in [3.8, 4) is 0 Å². The van der Waals surface area contributed by atoms with Crippen LogP contribution in [0.5, 0.6) is 0 Å². The molecule has 0 spiro atoms. The molecule has 6 unspecified atom stereocenters. The molecule has 6 atom stereocenters. The summed E-state index contributed by atoms with van der Waals surface area (Å²) < 4.78 is 0. The summed E-state index contributed by atoms with van der Waals surface area (Å²) >= 11 is 0. The molecule has 2 rings (SSSR count). The Labute approximate surface area is 120 Å². The Morgan fingerprint density at radius 2 is 1.79 bits per heavy atom. The maximum absolute atomic E-state index is 6.18. The molecule has 2 aliphatic rings. The molecule has 0 radical (unpaired) electrons. The van der Waals surface area contributed by atoms with Crippen LogP contribution in [-0.4, -0.2) is 6.04 Å². The van der Waals surface area contributed by atoms with Crippen molar-refractivity contribution in [1.29, 1.82) is 0 Å². The van der Waals surface area contributed by atoms with E-state index in [-0.39, 0.29) is 0 Å². The first-order valence-electron chi connectivity index (χ1n) is 8.78. The lowest BCUT2D eigenvalue weighted by Gasteiger charge is -2.35. The highest BCUT2D eigenvalue weighted by atomic mass is 14.6. The van der Waals surface area contributed by atoms with E-state index in [1.807, 2.05) is 0 Å². The van der Waals surface area contributed by atoms with Crippen molar-refractivity contribution in [1.82, 2.24) is 0 Å². The zero-order valence-corrected chi connectivity index (χ0v) is 13.6. The second-order valence-corrected chi connectivity index (χ2v) is 7.90. The van der Waals surface area contributed by atoms with Crippen molar-refractivity contribution in [2.45, 2.75) is 78.7 Å². The highest BCUT2D eigenvalue weighted by molar-refractivity contribution is 5.03. The van der Waals surface area contributed by atoms with Crippen molar-refractivity contribution in [2.24, 2.45) is 41.2 Å². The molecule has 0 aromatic heterocycles. The number of fused-ring (bicyclic) bond motifs is 1. The number of hydrogen-bond donors (Lipinski definition) is 1. The van der Waals surface area contributed by atoms with Crippen LogP contribution in [0.4, 0.5) is 0 Å². The topological polar surface area (TPSA) is 26.0 Å². The van der Waals surface area contributed by atoms with Gasteiger partial charge in [0.15, 0.2) is 0 Å². The monoisotopic (exact) mass is 265 g/mol. The molecule has 19 heavy (non-hydrogen) atoms. The van der Waals surface area contributed by atoms with E-state index in [1.165, 1.54) is 32.1 Å². The third-order valence-electron chi connectivity index (χ3n) is 6.00. The Kier molecular flexibility index (Phi) is 5.34. The lowest BCUT2D eigenvalue weighted by molar-refractivity contribution is 0.151. The fourth-order valence-electron chi connectivity index (χ4n) is 4.48. The quantitative estimate of drug-likeness (QED) is 0.633. The van der Waals surface area contributed by atoms with Crippen LogP contribution in [0.15, 0.2) is 0 Å². The normalized spacial score (nSPS) is 33.5. The largest absolute Gasteiger partial charge is 0.328 e. The Morgan fingerprint density at radius 3 is 2.26 bits per heavy atom. The summed E-state index contributed by atoms with van der Waals surface area (Å²) in [4.78, 5) is 0. The summed E-state index contributed by atoms with van der Waals surface area (Å²) in [7, 11) is 0. The van der Waals surface area contributed by atoms with Crippen LogP contribution in [0.3, 0.4) is 0 Å². The maximum Gasteiger partial charge on any atom is 0.00388 e. The van der Waals surface area contributed by atoms with Crippen LogP contribution in [0.1, 0.15) is 72.6 Å². The lowest BCUT2D eigenvalue weighted by Crippen LogP contribution is -2.28. The minimum atomic E-state index is 0.441. The second-order valence-electron chi connectivity index (χ2n) is 7.90. The van der Waals surface area contributed by atoms with E-state index in [4.69, 9.17) is 5.73 Å². The van der Waals surface area contributed by atoms with Crippen LogP contribution in [0.2, 0.25) is 0 Å². The minimum absolute atomic E-state index is 0.441. The maximum atomic E-state index is 6.18. The van der Waals surface area contributed by atoms with Gasteiger partial charge in [0, 0.05) is 6.04 Å². The van der Waals surface area contributed by atoms with Gasteiger partial charge in [-0.05, 0) is 74.0 Å². The molecule has 0 aromatic rings. The van der Waals surface area contributed by atoms with Crippen molar-refractivity contribution in [2.75, 3.05) is 0 Å². The third kappa shape index (κ3) is 3.97. The highest BCUT2D eigenvalue weighted by Crippen LogP contribution is 2.62. The fraction of sp³-hybridized carbons (Fsp3) is 1.00. The summed E-state index contributed by atoms with van der Waals surface area (Å²) in [5, 5.41) is 0. The third-order valence-corrected chi connectivity index (χ3v) is 6.00. The standard InChI is InChI=1S/C18H35N/c1-5-6-16(19)8-7-13(4)17(12(2)3)10-14-9-15-11-18(14)15/h12-18H,5-11,19H2,1-4H3. The van der Waals surface area contributed by atoms with E-state index in [9.17, 15) is 0 Å². The Bertz CT molecular complexity index is 273. The van der Waals surface area contributed by atoms with E-state index in [0.717, 1.165) is 35.5 Å². The molecular weight excluding hydrogens is 230 g/mol. The fourth-order valence-corrected chi connectivity index (χ4v) is 4.48. The van der Waals surface area contributed by atoms with E-state index < -0.39 is 0 Å². The molecule has 0 aliphatic heterocycles. The van der Waals surface area contributed by atoms with Crippen molar-refractivity contribution in [3.05, 3.63) is 0 Å². The summed E-state index contributed by atoms with van der Waals surface area (Å²) in [5.74, 6) is 6.03. The zero-order valence-electron chi connectivity index (χ0n) is 13.6. The summed E-state index contributed by atoms with van der Waals surface area (Å²) in [6.07, 6.45) is 9.61. The average molecular weight is 265 g/mol. The van der Waals surface area contributed by atoms with Gasteiger partial charge in [-0.2, -0.15) is 0 Å². The summed E-state index contributed by atoms with van der Waals surface area (Å²) in [5.41, 5.74) is 6.18. The van der Waals surface area contributed by atoms with Gasteiger partial charge in [0.05, 0.1) is 0 Å². The van der Waals surface area contributed by atoms with E-state index in [2.05, 4.69) is 27.7 Å². The first-order chi connectivity index (χ1) is 9.02. The summed E-state index contributed by atoms with van der Waals surface area (Å²) in [6.45, 7) is 9.57. The molecule has 2 N–H and O–H groups in total. The van der Waals surface area contributed by atoms with Crippen LogP contribution in [-0.2, 0) is 0 Å². The van der Waals surface area contributed by atoms with Gasteiger partial charge >= 0.3 is 0 Å². The molecule has 0 heterocycles. The second kappa shape index (κ2) is 6.61. The van der Waals surface area contributed by atoms with Gasteiger partial charge in [0.1, 0.15) is 0 Å². The average Bonchev–Trinajstić information content (AvgIpc) is 2.98. The first-order valence-corrected chi connectivity index (χ1v) is 8.78. The lowest BCUT2D eigenvalue weighted by atomic mass is 9.71. The predicted octanol–water partition coefficient (Wildman–Crippen LogP) is 4.85. The number of rotatable bonds is 9. The first kappa shape index (κ1) is 15.4. The van der Waals surface area contributed by atoms with Crippen LogP contribution in [0.25, 0.3) is 0 Å². The van der Waals surface area contributed by atoms with Crippen molar-refractivity contribution < 1.29 is 0 Å². The smallest absolute Gasteiger partial charge is 0.00388 e. The van der Waals surface area contributed by atoms with Crippen LogP contribution in [0, 0.1) is 35.5 Å². The molecule has 0 amide bonds. The van der Waals surface area contributed by atoms with Gasteiger partial charge in [-0.3, -0.25) is 0 Å². The van der Waals surface area contributed by atoms with Gasteiger partial charge < -0.3 is 5.73 Å². The van der Waals surface area contributed by atoms with E-state index in [1.54, 1.807) is 12.8 Å². The number of nitrogens with two attached hydrogens (primary N) is 1. The Hall–Kier alpha value is -0.0400. The highest BCUT2D eigenvalue weighted by Gasteiger charge is 2.53. The predicted molar refractivity (Wildman–Crippen MR) is 83.9 cm³/mol. The number of hydrogen-bond acceptors (Lipinski definition) is 1. The van der Waals surface area contributed by atoms with Gasteiger partial charge in [0.25, 0.3) is 0 Å². The summed E-state index contributed by atoms with van der Waals surface area (Å²) in [6, 6.07) is 0.441. The van der Waals surface area contributed by atoms with Crippen LogP contribution >= 0.6 is 0 Å². The molecule has 1 nitrogen and oxygen atoms in total. The molecule has 112 valence electrons. The molecular formula is C18H35N. The molecule has 0 saturated heterocycles. The van der Waals surface area contributed by atoms with Crippen LogP contribution < -0.4 is 5.73 Å². The molecule has 2 aliphatic carbocycles. The minimum Gasteiger partial charge on any atom is -0.328 e. The van der Waals surface area contributed by atoms with Crippen molar-refractivity contribution in [3.63, 3.8) is 0 Å². The molecule has 0 bridgehead atoms. The van der Waals surface area contributed by atoms with E-state index in [0.29, 0.717) is 6.04 Å². The van der Waals surface area contributed by atoms with Crippen molar-refractivity contribution >= 4 is 0 Å². The van der Waals surface area contributed by atoms with Gasteiger partial charge in [-0.25, -0.2) is 0 Å². The van der Waals surface area contributed by atoms with Gasteiger partial charge in [0.2, 0.25) is 0 Å². The Balaban J connectivity index is 1.73. The molecule has 0 aromatic carbocycles. The van der Waals surface area contributed by atoms with Gasteiger partial charge in [-0.15, -0.1) is 0 Å². The molecule has 2 fully saturated rings. The van der Waals surface area contributed by atoms with E-state index >= 15 is 0 Å². The molecule has 2 saturated carbocycles. The Morgan fingerprint density at radius 1 is 1.05 bits per heavy atom. The molecule has 1 heteroatoms. The SMILES string of the molecule is CCCC(N)CCC(C)C(CC1CC2CC12)C(C)C. The zero-order chi connectivity index (χ0) is 14.0. The van der Waals surface area contributed by atoms with Gasteiger partial charge in [-0.1, -0.05) is 34.1 Å².